The van der Waals surface area contributed by atoms with E-state index >= 15 is 0 Å². The molecule has 0 bridgehead atoms. The molecular formula is C22H26O2. The van der Waals surface area contributed by atoms with Crippen LogP contribution in [0.5, 0.6) is 11.5 Å². The molecule has 126 valence electrons. The van der Waals surface area contributed by atoms with Crippen molar-refractivity contribution < 1.29 is 9.47 Å². The maximum absolute atomic E-state index is 5.39. The molecule has 0 radical (unpaired) electrons. The van der Waals surface area contributed by atoms with Gasteiger partial charge in [-0.2, -0.15) is 0 Å². The highest BCUT2D eigenvalue weighted by atomic mass is 16.5. The Morgan fingerprint density at radius 1 is 0.792 bits per heavy atom. The molecule has 0 N–H and O–H groups in total. The van der Waals surface area contributed by atoms with Crippen LogP contribution in [0, 0.1) is 0 Å². The molecule has 0 atom stereocenters. The van der Waals surface area contributed by atoms with E-state index in [0.29, 0.717) is 0 Å². The van der Waals surface area contributed by atoms with Gasteiger partial charge < -0.3 is 9.47 Å². The summed E-state index contributed by atoms with van der Waals surface area (Å²) in [6.45, 7) is 6.68. The van der Waals surface area contributed by atoms with Crippen molar-refractivity contribution in [1.29, 1.82) is 0 Å². The van der Waals surface area contributed by atoms with Crippen molar-refractivity contribution in [3.05, 3.63) is 71.3 Å². The zero-order valence-electron chi connectivity index (χ0n) is 15.2. The quantitative estimate of drug-likeness (QED) is 0.655. The molecular weight excluding hydrogens is 296 g/mol. The summed E-state index contributed by atoms with van der Waals surface area (Å²) >= 11 is 0. The fourth-order valence-electron chi connectivity index (χ4n) is 2.38. The summed E-state index contributed by atoms with van der Waals surface area (Å²) in [5.74, 6) is 1.59. The second-order valence-corrected chi connectivity index (χ2v) is 6.70. The molecule has 24 heavy (non-hydrogen) atoms. The smallest absolute Gasteiger partial charge is 0.129 e. The van der Waals surface area contributed by atoms with E-state index in [1.807, 2.05) is 36.4 Å². The molecule has 0 unspecified atom stereocenters. The maximum Gasteiger partial charge on any atom is 0.129 e. The van der Waals surface area contributed by atoms with Crippen molar-refractivity contribution in [3.8, 4) is 11.5 Å². The van der Waals surface area contributed by atoms with Crippen molar-refractivity contribution in [3.63, 3.8) is 0 Å². The number of rotatable bonds is 5. The van der Waals surface area contributed by atoms with E-state index < -0.39 is 0 Å². The number of allylic oxidation sites excluding steroid dienone is 2. The average Bonchev–Trinajstić information content (AvgIpc) is 2.58. The molecule has 0 saturated heterocycles. The van der Waals surface area contributed by atoms with Crippen LogP contribution in [-0.4, -0.2) is 14.2 Å². The first-order chi connectivity index (χ1) is 11.4. The fraction of sp³-hybridized carbons (Fsp3) is 0.273. The zero-order chi connectivity index (χ0) is 17.6. The van der Waals surface area contributed by atoms with Gasteiger partial charge in [0, 0.05) is 11.6 Å². The van der Waals surface area contributed by atoms with E-state index in [1.165, 1.54) is 11.1 Å². The average molecular weight is 322 g/mol. The van der Waals surface area contributed by atoms with E-state index in [1.54, 1.807) is 14.2 Å². The van der Waals surface area contributed by atoms with Gasteiger partial charge in [-0.3, -0.25) is 0 Å². The Labute approximate surface area is 145 Å². The van der Waals surface area contributed by atoms with E-state index in [-0.39, 0.29) is 5.41 Å². The summed E-state index contributed by atoms with van der Waals surface area (Å²) in [4.78, 5) is 0. The molecule has 2 nitrogen and oxygen atoms in total. The van der Waals surface area contributed by atoms with Crippen molar-refractivity contribution in [2.45, 2.75) is 26.2 Å². The summed E-state index contributed by atoms with van der Waals surface area (Å²) in [6.07, 6.45) is 8.18. The molecule has 0 saturated carbocycles. The van der Waals surface area contributed by atoms with Gasteiger partial charge in [-0.25, -0.2) is 0 Å². The molecule has 0 aliphatic rings. The lowest BCUT2D eigenvalue weighted by atomic mass is 9.87. The Morgan fingerprint density at radius 3 is 2.04 bits per heavy atom. The van der Waals surface area contributed by atoms with Crippen LogP contribution < -0.4 is 9.47 Å². The second kappa shape index (κ2) is 7.87. The minimum atomic E-state index is 0.188. The van der Waals surface area contributed by atoms with Crippen LogP contribution in [0.15, 0.2) is 54.6 Å². The summed E-state index contributed by atoms with van der Waals surface area (Å²) in [6, 6.07) is 14.5. The maximum atomic E-state index is 5.39. The van der Waals surface area contributed by atoms with Crippen LogP contribution in [0.1, 0.15) is 37.5 Å². The highest BCUT2D eigenvalue weighted by Crippen LogP contribution is 2.26. The van der Waals surface area contributed by atoms with E-state index in [4.69, 9.17) is 9.47 Å². The largest absolute Gasteiger partial charge is 0.497 e. The second-order valence-electron chi connectivity index (χ2n) is 6.70. The Hall–Kier alpha value is -2.48. The first-order valence-electron chi connectivity index (χ1n) is 8.11. The SMILES string of the molecule is COc1ccc(/C=C/C=C/c2ccc(C(C)(C)C)cc2)c(OC)c1. The summed E-state index contributed by atoms with van der Waals surface area (Å²) in [7, 11) is 3.32. The number of ether oxygens (including phenoxy) is 2. The predicted molar refractivity (Wildman–Crippen MR) is 103 cm³/mol. The lowest BCUT2D eigenvalue weighted by Crippen LogP contribution is -2.10. The lowest BCUT2D eigenvalue weighted by Gasteiger charge is -2.18. The minimum Gasteiger partial charge on any atom is -0.497 e. The van der Waals surface area contributed by atoms with Gasteiger partial charge in [0.15, 0.2) is 0 Å². The molecule has 0 aromatic heterocycles. The fourth-order valence-corrected chi connectivity index (χ4v) is 2.38. The van der Waals surface area contributed by atoms with Crippen LogP contribution >= 0.6 is 0 Å². The van der Waals surface area contributed by atoms with Gasteiger partial charge in [0.2, 0.25) is 0 Å². The van der Waals surface area contributed by atoms with Crippen molar-refractivity contribution in [2.75, 3.05) is 14.2 Å². The summed E-state index contributed by atoms with van der Waals surface area (Å²) in [5.41, 5.74) is 3.74. The van der Waals surface area contributed by atoms with Crippen LogP contribution in [0.2, 0.25) is 0 Å². The topological polar surface area (TPSA) is 18.5 Å². The third kappa shape index (κ3) is 4.76. The Kier molecular flexibility index (Phi) is 5.86. The first-order valence-corrected chi connectivity index (χ1v) is 8.11. The van der Waals surface area contributed by atoms with E-state index in [2.05, 4.69) is 51.1 Å². The van der Waals surface area contributed by atoms with Crippen LogP contribution in [0.25, 0.3) is 12.2 Å². The first kappa shape index (κ1) is 17.9. The van der Waals surface area contributed by atoms with Gasteiger partial charge in [-0.1, -0.05) is 69.3 Å². The number of hydrogen-bond acceptors (Lipinski definition) is 2. The van der Waals surface area contributed by atoms with Crippen LogP contribution in [-0.2, 0) is 5.41 Å². The number of benzene rings is 2. The van der Waals surface area contributed by atoms with Crippen LogP contribution in [0.3, 0.4) is 0 Å². The third-order valence-corrected chi connectivity index (χ3v) is 3.89. The van der Waals surface area contributed by atoms with E-state index in [9.17, 15) is 0 Å². The van der Waals surface area contributed by atoms with Crippen molar-refractivity contribution >= 4 is 12.2 Å². The normalized spacial score (nSPS) is 12.0. The molecule has 0 fully saturated rings. The number of hydrogen-bond donors (Lipinski definition) is 0. The zero-order valence-corrected chi connectivity index (χ0v) is 15.2. The molecule has 2 aromatic carbocycles. The lowest BCUT2D eigenvalue weighted by molar-refractivity contribution is 0.394. The van der Waals surface area contributed by atoms with Gasteiger partial charge in [0.05, 0.1) is 14.2 Å². The van der Waals surface area contributed by atoms with Gasteiger partial charge in [0.25, 0.3) is 0 Å². The molecule has 0 spiro atoms. The van der Waals surface area contributed by atoms with Gasteiger partial charge >= 0.3 is 0 Å². The predicted octanol–water partition coefficient (Wildman–Crippen LogP) is 5.73. The van der Waals surface area contributed by atoms with Gasteiger partial charge in [-0.05, 0) is 28.7 Å². The standard InChI is InChI=1S/C22H26O2/c1-22(2,3)19-13-10-17(11-14-19)8-6-7-9-18-12-15-20(23-4)16-21(18)24-5/h6-16H,1-5H3/b8-6+,9-7+. The molecule has 2 aromatic rings. The Morgan fingerprint density at radius 2 is 1.46 bits per heavy atom. The highest BCUT2D eigenvalue weighted by molar-refractivity contribution is 5.62. The minimum absolute atomic E-state index is 0.188. The molecule has 0 aliphatic carbocycles. The summed E-state index contributed by atoms with van der Waals surface area (Å²) < 4.78 is 10.6. The van der Waals surface area contributed by atoms with Gasteiger partial charge in [0.1, 0.15) is 11.5 Å². The third-order valence-electron chi connectivity index (χ3n) is 3.89. The molecule has 0 amide bonds. The molecule has 0 heterocycles. The summed E-state index contributed by atoms with van der Waals surface area (Å²) in [5, 5.41) is 0. The Balaban J connectivity index is 2.07. The number of methoxy groups -OCH3 is 2. The van der Waals surface area contributed by atoms with E-state index in [0.717, 1.165) is 17.1 Å². The van der Waals surface area contributed by atoms with Crippen molar-refractivity contribution in [2.24, 2.45) is 0 Å². The molecule has 2 rings (SSSR count). The molecule has 0 aliphatic heterocycles. The van der Waals surface area contributed by atoms with Crippen LogP contribution in [0.4, 0.5) is 0 Å². The Bertz CT molecular complexity index is 717. The van der Waals surface area contributed by atoms with Gasteiger partial charge in [-0.15, -0.1) is 0 Å². The van der Waals surface area contributed by atoms with Crippen molar-refractivity contribution in [1.82, 2.24) is 0 Å². The monoisotopic (exact) mass is 322 g/mol. The molecule has 2 heteroatoms. The highest BCUT2D eigenvalue weighted by Gasteiger charge is 2.12.